The van der Waals surface area contributed by atoms with Gasteiger partial charge in [0.15, 0.2) is 0 Å². The van der Waals surface area contributed by atoms with Gasteiger partial charge < -0.3 is 4.79 Å². The molecule has 0 spiro atoms. The van der Waals surface area contributed by atoms with Crippen LogP contribution in [-0.4, -0.2) is 6.29 Å². The van der Waals surface area contributed by atoms with Crippen LogP contribution >= 0.6 is 0 Å². The van der Waals surface area contributed by atoms with Crippen LogP contribution in [0.2, 0.25) is 0 Å². The van der Waals surface area contributed by atoms with E-state index in [1.54, 1.807) is 0 Å². The number of rotatable bonds is 2. The summed E-state index contributed by atoms with van der Waals surface area (Å²) in [6.45, 7) is 4.78. The predicted octanol–water partition coefficient (Wildman–Crippen LogP) is 2.65. The lowest BCUT2D eigenvalue weighted by molar-refractivity contribution is -0.115. The Labute approximate surface area is 74.5 Å². The Morgan fingerprint density at radius 2 is 1.83 bits per heavy atom. The minimum atomic E-state index is 0.597. The van der Waals surface area contributed by atoms with E-state index in [1.165, 1.54) is 19.3 Å². The molecule has 0 N–H and O–H groups in total. The quantitative estimate of drug-likeness (QED) is 0.576. The van der Waals surface area contributed by atoms with Crippen molar-refractivity contribution in [2.24, 2.45) is 23.2 Å². The molecule has 0 aromatic carbocycles. The first-order valence-electron chi connectivity index (χ1n) is 5.08. The van der Waals surface area contributed by atoms with Crippen LogP contribution in [0, 0.1) is 23.2 Å². The number of fused-ring (bicyclic) bond motifs is 2. The number of carbonyl (C=O) groups excluding carboxylic acids is 1. The monoisotopic (exact) mass is 166 g/mol. The summed E-state index contributed by atoms with van der Waals surface area (Å²) in [6.07, 6.45) is 5.96. The van der Waals surface area contributed by atoms with E-state index in [0.29, 0.717) is 5.41 Å². The van der Waals surface area contributed by atoms with Crippen LogP contribution in [0.4, 0.5) is 0 Å². The van der Waals surface area contributed by atoms with Crippen molar-refractivity contribution < 1.29 is 4.79 Å². The van der Waals surface area contributed by atoms with Crippen LogP contribution in [0.15, 0.2) is 0 Å². The van der Waals surface area contributed by atoms with E-state index in [0.717, 1.165) is 30.5 Å². The van der Waals surface area contributed by atoms with E-state index in [-0.39, 0.29) is 0 Å². The third kappa shape index (κ3) is 1.02. The van der Waals surface area contributed by atoms with Crippen molar-refractivity contribution in [3.05, 3.63) is 0 Å². The Balaban J connectivity index is 1.96. The standard InChI is InChI=1S/C11H18O/c1-11(2)9-5-8(3-4-12)6-10(11)7-9/h4,8-10H,3,5-7H2,1-2H3. The van der Waals surface area contributed by atoms with Crippen molar-refractivity contribution in [2.45, 2.75) is 39.5 Å². The molecule has 3 aliphatic carbocycles. The highest BCUT2D eigenvalue weighted by Gasteiger charge is 2.52. The summed E-state index contributed by atoms with van der Waals surface area (Å²) >= 11 is 0. The second kappa shape index (κ2) is 2.58. The van der Waals surface area contributed by atoms with Crippen LogP contribution in [-0.2, 0) is 4.79 Å². The van der Waals surface area contributed by atoms with Crippen molar-refractivity contribution in [3.63, 3.8) is 0 Å². The van der Waals surface area contributed by atoms with Gasteiger partial charge in [0.25, 0.3) is 0 Å². The molecule has 0 heterocycles. The summed E-state index contributed by atoms with van der Waals surface area (Å²) in [6, 6.07) is 0. The maximum Gasteiger partial charge on any atom is 0.120 e. The van der Waals surface area contributed by atoms with E-state index in [1.807, 2.05) is 0 Å². The van der Waals surface area contributed by atoms with Gasteiger partial charge in [0.1, 0.15) is 6.29 Å². The van der Waals surface area contributed by atoms with Gasteiger partial charge in [0.2, 0.25) is 0 Å². The summed E-state index contributed by atoms with van der Waals surface area (Å²) in [4.78, 5) is 10.4. The molecule has 0 aromatic rings. The maximum atomic E-state index is 10.4. The number of hydrogen-bond acceptors (Lipinski definition) is 1. The molecule has 68 valence electrons. The van der Waals surface area contributed by atoms with Crippen molar-refractivity contribution in [3.8, 4) is 0 Å². The molecular weight excluding hydrogens is 148 g/mol. The average Bonchev–Trinajstić information content (AvgIpc) is 2.05. The minimum Gasteiger partial charge on any atom is -0.303 e. The lowest BCUT2D eigenvalue weighted by atomic mass is 9.46. The third-order valence-corrected chi connectivity index (χ3v) is 4.34. The lowest BCUT2D eigenvalue weighted by Crippen LogP contribution is -2.50. The zero-order valence-electron chi connectivity index (χ0n) is 8.05. The summed E-state index contributed by atoms with van der Waals surface area (Å²) in [5.74, 6) is 2.56. The summed E-state index contributed by atoms with van der Waals surface area (Å²) < 4.78 is 0. The first kappa shape index (κ1) is 8.28. The molecule has 1 heteroatoms. The Hall–Kier alpha value is -0.330. The molecule has 2 atom stereocenters. The van der Waals surface area contributed by atoms with E-state index >= 15 is 0 Å². The molecule has 0 saturated heterocycles. The highest BCUT2D eigenvalue weighted by Crippen LogP contribution is 2.60. The SMILES string of the molecule is CC1(C)C2CC(CC=O)CC1C2. The molecule has 3 fully saturated rings. The zero-order valence-corrected chi connectivity index (χ0v) is 8.05. The van der Waals surface area contributed by atoms with E-state index in [9.17, 15) is 4.79 Å². The van der Waals surface area contributed by atoms with Gasteiger partial charge in [-0.2, -0.15) is 0 Å². The number of aldehydes is 1. The van der Waals surface area contributed by atoms with Crippen LogP contribution in [0.25, 0.3) is 0 Å². The van der Waals surface area contributed by atoms with Crippen LogP contribution in [0.5, 0.6) is 0 Å². The molecule has 0 radical (unpaired) electrons. The van der Waals surface area contributed by atoms with Gasteiger partial charge in [0, 0.05) is 6.42 Å². The zero-order chi connectivity index (χ0) is 8.77. The normalized spacial score (nSPS) is 43.3. The van der Waals surface area contributed by atoms with Crippen molar-refractivity contribution in [1.29, 1.82) is 0 Å². The van der Waals surface area contributed by atoms with E-state index in [4.69, 9.17) is 0 Å². The summed E-state index contributed by atoms with van der Waals surface area (Å²) in [7, 11) is 0. The van der Waals surface area contributed by atoms with Gasteiger partial charge in [-0.3, -0.25) is 0 Å². The summed E-state index contributed by atoms with van der Waals surface area (Å²) in [5.41, 5.74) is 0.597. The number of hydrogen-bond donors (Lipinski definition) is 0. The summed E-state index contributed by atoms with van der Waals surface area (Å²) in [5, 5.41) is 0. The second-order valence-corrected chi connectivity index (χ2v) is 5.19. The van der Waals surface area contributed by atoms with E-state index in [2.05, 4.69) is 13.8 Å². The maximum absolute atomic E-state index is 10.4. The van der Waals surface area contributed by atoms with Crippen LogP contribution in [0.1, 0.15) is 39.5 Å². The van der Waals surface area contributed by atoms with Gasteiger partial charge in [-0.1, -0.05) is 13.8 Å². The lowest BCUT2D eigenvalue weighted by Gasteiger charge is -2.58. The largest absolute Gasteiger partial charge is 0.303 e. The van der Waals surface area contributed by atoms with Crippen molar-refractivity contribution >= 4 is 6.29 Å². The Morgan fingerprint density at radius 3 is 2.25 bits per heavy atom. The fourth-order valence-electron chi connectivity index (χ4n) is 3.15. The van der Waals surface area contributed by atoms with Gasteiger partial charge >= 0.3 is 0 Å². The molecule has 2 bridgehead atoms. The topological polar surface area (TPSA) is 17.1 Å². The molecule has 2 unspecified atom stereocenters. The highest BCUT2D eigenvalue weighted by molar-refractivity contribution is 5.49. The Morgan fingerprint density at radius 1 is 1.25 bits per heavy atom. The number of carbonyl (C=O) groups is 1. The molecule has 12 heavy (non-hydrogen) atoms. The fourth-order valence-corrected chi connectivity index (χ4v) is 3.15. The van der Waals surface area contributed by atoms with Crippen molar-refractivity contribution in [2.75, 3.05) is 0 Å². The van der Waals surface area contributed by atoms with Gasteiger partial charge in [-0.25, -0.2) is 0 Å². The predicted molar refractivity (Wildman–Crippen MR) is 48.8 cm³/mol. The van der Waals surface area contributed by atoms with Gasteiger partial charge in [-0.15, -0.1) is 0 Å². The van der Waals surface area contributed by atoms with Crippen LogP contribution in [0.3, 0.4) is 0 Å². The second-order valence-electron chi connectivity index (χ2n) is 5.19. The van der Waals surface area contributed by atoms with E-state index < -0.39 is 0 Å². The molecule has 1 nitrogen and oxygen atoms in total. The molecule has 0 aliphatic heterocycles. The van der Waals surface area contributed by atoms with Gasteiger partial charge in [0.05, 0.1) is 0 Å². The first-order valence-corrected chi connectivity index (χ1v) is 5.08. The average molecular weight is 166 g/mol. The van der Waals surface area contributed by atoms with Crippen molar-refractivity contribution in [1.82, 2.24) is 0 Å². The molecule has 3 rings (SSSR count). The fraction of sp³-hybridized carbons (Fsp3) is 0.909. The first-order chi connectivity index (χ1) is 5.64. The molecular formula is C11H18O. The van der Waals surface area contributed by atoms with Crippen LogP contribution < -0.4 is 0 Å². The Bertz CT molecular complexity index is 181. The van der Waals surface area contributed by atoms with Gasteiger partial charge in [-0.05, 0) is 42.4 Å². The molecule has 3 aliphatic rings. The molecule has 3 saturated carbocycles. The minimum absolute atomic E-state index is 0.597. The molecule has 0 amide bonds. The molecule has 0 aromatic heterocycles. The smallest absolute Gasteiger partial charge is 0.120 e. The Kier molecular flexibility index (Phi) is 1.78. The highest BCUT2D eigenvalue weighted by atomic mass is 16.1. The third-order valence-electron chi connectivity index (χ3n) is 4.34.